The van der Waals surface area contributed by atoms with E-state index in [4.69, 9.17) is 27.6 Å². The summed E-state index contributed by atoms with van der Waals surface area (Å²) in [5.74, 6) is 0.486. The lowest BCUT2D eigenvalue weighted by Gasteiger charge is -2.02. The molecule has 0 unspecified atom stereocenters. The standard InChI is InChI=1S/C19H13Cl2N3O4/c1-11-8-13(24(26)27)3-5-15(11)18-7-4-14(28-18)10-22-23-19(25)12-2-6-16(20)17(21)9-12/h2-10H,1H3,(H,23,25)/b22-10-. The van der Waals surface area contributed by atoms with E-state index >= 15 is 0 Å². The molecule has 0 radical (unpaired) electrons. The second-order valence-corrected chi connectivity index (χ2v) is 6.60. The summed E-state index contributed by atoms with van der Waals surface area (Å²) >= 11 is 11.7. The molecule has 0 atom stereocenters. The van der Waals surface area contributed by atoms with E-state index in [9.17, 15) is 14.9 Å². The molecule has 0 saturated carbocycles. The molecule has 1 N–H and O–H groups in total. The number of hydrogen-bond donors (Lipinski definition) is 1. The molecule has 3 rings (SSSR count). The van der Waals surface area contributed by atoms with E-state index in [-0.39, 0.29) is 10.7 Å². The lowest BCUT2D eigenvalue weighted by atomic mass is 10.1. The smallest absolute Gasteiger partial charge is 0.271 e. The molecule has 0 aliphatic carbocycles. The minimum Gasteiger partial charge on any atom is -0.455 e. The molecule has 9 heteroatoms. The zero-order valence-corrected chi connectivity index (χ0v) is 16.0. The van der Waals surface area contributed by atoms with Gasteiger partial charge in [-0.2, -0.15) is 5.10 Å². The Kier molecular flexibility index (Phi) is 5.77. The van der Waals surface area contributed by atoms with Gasteiger partial charge in [-0.3, -0.25) is 14.9 Å². The van der Waals surface area contributed by atoms with Crippen molar-refractivity contribution in [2.24, 2.45) is 5.10 Å². The topological polar surface area (TPSA) is 97.7 Å². The van der Waals surface area contributed by atoms with E-state index in [1.54, 1.807) is 25.1 Å². The molecule has 1 aromatic heterocycles. The highest BCUT2D eigenvalue weighted by molar-refractivity contribution is 6.42. The summed E-state index contributed by atoms with van der Waals surface area (Å²) in [6.07, 6.45) is 1.35. The Morgan fingerprint density at radius 2 is 1.93 bits per heavy atom. The van der Waals surface area contributed by atoms with Crippen LogP contribution in [-0.2, 0) is 0 Å². The number of nitrogens with zero attached hydrogens (tertiary/aromatic N) is 2. The summed E-state index contributed by atoms with van der Waals surface area (Å²) < 4.78 is 5.66. The molecular formula is C19H13Cl2N3O4. The zero-order valence-electron chi connectivity index (χ0n) is 14.5. The van der Waals surface area contributed by atoms with Crippen LogP contribution in [0, 0.1) is 17.0 Å². The van der Waals surface area contributed by atoms with Gasteiger partial charge < -0.3 is 4.42 Å². The Labute approximate surface area is 169 Å². The summed E-state index contributed by atoms with van der Waals surface area (Å²) in [6.45, 7) is 1.76. The van der Waals surface area contributed by atoms with E-state index in [2.05, 4.69) is 10.5 Å². The van der Waals surface area contributed by atoms with E-state index in [0.29, 0.717) is 27.7 Å². The molecule has 0 bridgehead atoms. The van der Waals surface area contributed by atoms with Crippen LogP contribution in [0.1, 0.15) is 21.7 Å². The van der Waals surface area contributed by atoms with Crippen molar-refractivity contribution in [2.45, 2.75) is 6.92 Å². The lowest BCUT2D eigenvalue weighted by Crippen LogP contribution is -2.17. The molecule has 3 aromatic rings. The molecule has 0 fully saturated rings. The predicted octanol–water partition coefficient (Wildman–Crippen LogP) is 5.23. The lowest BCUT2D eigenvalue weighted by molar-refractivity contribution is -0.384. The van der Waals surface area contributed by atoms with Gasteiger partial charge in [-0.25, -0.2) is 5.43 Å². The number of nitrogens with one attached hydrogen (secondary N) is 1. The van der Waals surface area contributed by atoms with Crippen LogP contribution < -0.4 is 5.43 Å². The molecule has 142 valence electrons. The Balaban J connectivity index is 1.70. The second kappa shape index (κ2) is 8.24. The Bertz CT molecular complexity index is 1090. The summed E-state index contributed by atoms with van der Waals surface area (Å²) in [5, 5.41) is 15.3. The van der Waals surface area contributed by atoms with Crippen molar-refractivity contribution in [3.05, 3.63) is 85.6 Å². The van der Waals surface area contributed by atoms with Gasteiger partial charge in [-0.05, 0) is 48.9 Å². The monoisotopic (exact) mass is 417 g/mol. The largest absolute Gasteiger partial charge is 0.455 e. The minimum absolute atomic E-state index is 0.0135. The zero-order chi connectivity index (χ0) is 20.3. The molecule has 0 aliphatic rings. The minimum atomic E-state index is -0.451. The number of hydrazone groups is 1. The Morgan fingerprint density at radius 1 is 1.14 bits per heavy atom. The highest BCUT2D eigenvalue weighted by atomic mass is 35.5. The number of hydrogen-bond acceptors (Lipinski definition) is 5. The van der Waals surface area contributed by atoms with Gasteiger partial charge in [-0.1, -0.05) is 23.2 Å². The fourth-order valence-electron chi connectivity index (χ4n) is 2.46. The molecule has 0 saturated heterocycles. The number of nitro benzene ring substituents is 1. The maximum absolute atomic E-state index is 12.0. The van der Waals surface area contributed by atoms with Gasteiger partial charge in [0.05, 0.1) is 21.2 Å². The summed E-state index contributed by atoms with van der Waals surface area (Å²) in [4.78, 5) is 22.4. The quantitative estimate of drug-likeness (QED) is 0.348. The summed E-state index contributed by atoms with van der Waals surface area (Å²) in [5.41, 5.74) is 4.13. The van der Waals surface area contributed by atoms with Crippen molar-refractivity contribution in [3.63, 3.8) is 0 Å². The second-order valence-electron chi connectivity index (χ2n) is 5.79. The van der Waals surface area contributed by atoms with Crippen LogP contribution in [0.15, 0.2) is 58.0 Å². The normalized spacial score (nSPS) is 11.0. The average molecular weight is 418 g/mol. The first kappa shape index (κ1) is 19.6. The maximum atomic E-state index is 12.0. The van der Waals surface area contributed by atoms with Gasteiger partial charge in [0.25, 0.3) is 11.6 Å². The number of amides is 1. The predicted molar refractivity (Wildman–Crippen MR) is 107 cm³/mol. The van der Waals surface area contributed by atoms with Crippen molar-refractivity contribution in [2.75, 3.05) is 0 Å². The highest BCUT2D eigenvalue weighted by Crippen LogP contribution is 2.28. The van der Waals surface area contributed by atoms with Crippen LogP contribution in [-0.4, -0.2) is 17.0 Å². The number of halogens is 2. The average Bonchev–Trinajstić information content (AvgIpc) is 3.12. The molecule has 0 aliphatic heterocycles. The van der Waals surface area contributed by atoms with Crippen LogP contribution in [0.3, 0.4) is 0 Å². The number of rotatable bonds is 5. The van der Waals surface area contributed by atoms with Gasteiger partial charge in [0.15, 0.2) is 0 Å². The van der Waals surface area contributed by atoms with Crippen LogP contribution in [0.5, 0.6) is 0 Å². The molecular weight excluding hydrogens is 405 g/mol. The number of aryl methyl sites for hydroxylation is 1. The van der Waals surface area contributed by atoms with Crippen LogP contribution >= 0.6 is 23.2 Å². The van der Waals surface area contributed by atoms with Crippen molar-refractivity contribution >= 4 is 41.0 Å². The SMILES string of the molecule is Cc1cc([N+](=O)[O-])ccc1-c1ccc(/C=N\NC(=O)c2ccc(Cl)c(Cl)c2)o1. The van der Waals surface area contributed by atoms with E-state index in [1.807, 2.05) is 0 Å². The van der Waals surface area contributed by atoms with E-state index < -0.39 is 10.8 Å². The summed E-state index contributed by atoms with van der Waals surface area (Å²) in [6, 6.07) is 12.4. The highest BCUT2D eigenvalue weighted by Gasteiger charge is 2.12. The van der Waals surface area contributed by atoms with Crippen molar-refractivity contribution in [1.29, 1.82) is 0 Å². The third-order valence-electron chi connectivity index (χ3n) is 3.85. The van der Waals surface area contributed by atoms with Crippen molar-refractivity contribution < 1.29 is 14.1 Å². The first-order chi connectivity index (χ1) is 13.3. The first-order valence-electron chi connectivity index (χ1n) is 7.99. The molecule has 1 amide bonds. The number of benzene rings is 2. The van der Waals surface area contributed by atoms with E-state index in [1.165, 1.54) is 36.5 Å². The van der Waals surface area contributed by atoms with E-state index in [0.717, 1.165) is 5.56 Å². The third kappa shape index (κ3) is 4.39. The molecule has 7 nitrogen and oxygen atoms in total. The number of nitro groups is 1. The van der Waals surface area contributed by atoms with Gasteiger partial charge in [0, 0.05) is 23.3 Å². The van der Waals surface area contributed by atoms with Gasteiger partial charge in [0.1, 0.15) is 11.5 Å². The van der Waals surface area contributed by atoms with Crippen LogP contribution in [0.4, 0.5) is 5.69 Å². The molecule has 0 spiro atoms. The first-order valence-corrected chi connectivity index (χ1v) is 8.74. The number of carbonyl (C=O) groups is 1. The Hall–Kier alpha value is -3.16. The number of furan rings is 1. The third-order valence-corrected chi connectivity index (χ3v) is 4.59. The van der Waals surface area contributed by atoms with Crippen molar-refractivity contribution in [1.82, 2.24) is 5.43 Å². The van der Waals surface area contributed by atoms with Gasteiger partial charge in [0.2, 0.25) is 0 Å². The summed E-state index contributed by atoms with van der Waals surface area (Å²) in [7, 11) is 0. The van der Waals surface area contributed by atoms with Gasteiger partial charge >= 0.3 is 0 Å². The molecule has 1 heterocycles. The van der Waals surface area contributed by atoms with Gasteiger partial charge in [-0.15, -0.1) is 0 Å². The fraction of sp³-hybridized carbons (Fsp3) is 0.0526. The number of non-ortho nitro benzene ring substituents is 1. The maximum Gasteiger partial charge on any atom is 0.271 e. The molecule has 28 heavy (non-hydrogen) atoms. The van der Waals surface area contributed by atoms with Crippen LogP contribution in [0.25, 0.3) is 11.3 Å². The van der Waals surface area contributed by atoms with Crippen LogP contribution in [0.2, 0.25) is 10.0 Å². The molecule has 2 aromatic carbocycles. The fourth-order valence-corrected chi connectivity index (χ4v) is 2.76. The number of carbonyl (C=O) groups excluding carboxylic acids is 1. The Morgan fingerprint density at radius 3 is 2.61 bits per heavy atom. The van der Waals surface area contributed by atoms with Crippen molar-refractivity contribution in [3.8, 4) is 11.3 Å².